The lowest BCUT2D eigenvalue weighted by Crippen LogP contribution is -2.37. The molecule has 0 bridgehead atoms. The van der Waals surface area contributed by atoms with Crippen molar-refractivity contribution < 1.29 is 13.2 Å². The first-order valence-electron chi connectivity index (χ1n) is 8.13. The summed E-state index contributed by atoms with van der Waals surface area (Å²) in [6.07, 6.45) is 0.549. The summed E-state index contributed by atoms with van der Waals surface area (Å²) in [4.78, 5) is 21.6. The van der Waals surface area contributed by atoms with Gasteiger partial charge in [-0.15, -0.1) is 0 Å². The second kappa shape index (κ2) is 6.29. The van der Waals surface area contributed by atoms with Gasteiger partial charge in [-0.05, 0) is 6.07 Å². The summed E-state index contributed by atoms with van der Waals surface area (Å²) in [6, 6.07) is 1.41. The SMILES string of the molecule is CC(C)(C)c1nc2c(c(=O)[nH]1)CN(Cc1cc(F)c(F)cc1F)CC2. The number of benzene rings is 1. The van der Waals surface area contributed by atoms with Crippen molar-refractivity contribution in [1.82, 2.24) is 14.9 Å². The smallest absolute Gasteiger partial charge is 0.255 e. The Balaban J connectivity index is 1.85. The third-order valence-corrected chi connectivity index (χ3v) is 4.34. The summed E-state index contributed by atoms with van der Waals surface area (Å²) in [7, 11) is 0. The molecule has 0 fully saturated rings. The zero-order valence-corrected chi connectivity index (χ0v) is 14.4. The van der Waals surface area contributed by atoms with Crippen molar-refractivity contribution in [2.75, 3.05) is 6.54 Å². The lowest BCUT2D eigenvalue weighted by Gasteiger charge is -2.29. The fourth-order valence-corrected chi connectivity index (χ4v) is 2.90. The molecule has 0 saturated heterocycles. The highest BCUT2D eigenvalue weighted by atomic mass is 19.2. The summed E-state index contributed by atoms with van der Waals surface area (Å²) in [5.74, 6) is -2.44. The normalized spacial score (nSPS) is 15.3. The lowest BCUT2D eigenvalue weighted by molar-refractivity contribution is 0.237. The molecule has 0 saturated carbocycles. The maximum Gasteiger partial charge on any atom is 0.255 e. The highest BCUT2D eigenvalue weighted by molar-refractivity contribution is 5.24. The fourth-order valence-electron chi connectivity index (χ4n) is 2.90. The monoisotopic (exact) mass is 351 g/mol. The van der Waals surface area contributed by atoms with E-state index in [4.69, 9.17) is 0 Å². The molecule has 0 radical (unpaired) electrons. The average molecular weight is 351 g/mol. The molecule has 2 heterocycles. The molecule has 1 aromatic carbocycles. The van der Waals surface area contributed by atoms with Crippen molar-refractivity contribution in [3.8, 4) is 0 Å². The van der Waals surface area contributed by atoms with Crippen LogP contribution in [0.3, 0.4) is 0 Å². The van der Waals surface area contributed by atoms with Crippen LogP contribution in [0.5, 0.6) is 0 Å². The summed E-state index contributed by atoms with van der Waals surface area (Å²) in [5, 5.41) is 0. The molecule has 2 aromatic rings. The first kappa shape index (κ1) is 17.7. The molecular formula is C18H20F3N3O. The van der Waals surface area contributed by atoms with Crippen LogP contribution in [0.15, 0.2) is 16.9 Å². The Kier molecular flexibility index (Phi) is 4.45. The molecule has 25 heavy (non-hydrogen) atoms. The average Bonchev–Trinajstić information content (AvgIpc) is 2.52. The highest BCUT2D eigenvalue weighted by Gasteiger charge is 2.25. The van der Waals surface area contributed by atoms with E-state index in [-0.39, 0.29) is 23.1 Å². The Labute approximate surface area is 143 Å². The number of hydrogen-bond acceptors (Lipinski definition) is 3. The quantitative estimate of drug-likeness (QED) is 0.846. The minimum absolute atomic E-state index is 0.0676. The van der Waals surface area contributed by atoms with Crippen molar-refractivity contribution in [1.29, 1.82) is 0 Å². The molecule has 134 valence electrons. The van der Waals surface area contributed by atoms with Gasteiger partial charge in [0.2, 0.25) is 0 Å². The van der Waals surface area contributed by atoms with Crippen LogP contribution in [0.4, 0.5) is 13.2 Å². The summed E-state index contributed by atoms with van der Waals surface area (Å²) in [5.41, 5.74) is 0.890. The van der Waals surface area contributed by atoms with Crippen molar-refractivity contribution in [2.24, 2.45) is 0 Å². The molecule has 0 unspecified atom stereocenters. The maximum atomic E-state index is 13.8. The fraction of sp³-hybridized carbons (Fsp3) is 0.444. The summed E-state index contributed by atoms with van der Waals surface area (Å²) in [6.45, 7) is 6.87. The predicted octanol–water partition coefficient (Wildman–Crippen LogP) is 3.04. The Morgan fingerprint density at radius 1 is 1.16 bits per heavy atom. The zero-order chi connectivity index (χ0) is 18.4. The number of aromatic amines is 1. The number of nitrogens with zero attached hydrogens (tertiary/aromatic N) is 2. The van der Waals surface area contributed by atoms with Crippen LogP contribution in [0.1, 0.15) is 43.4 Å². The van der Waals surface area contributed by atoms with E-state index < -0.39 is 17.5 Å². The van der Waals surface area contributed by atoms with Gasteiger partial charge in [-0.1, -0.05) is 20.8 Å². The number of fused-ring (bicyclic) bond motifs is 1. The van der Waals surface area contributed by atoms with Crippen molar-refractivity contribution in [3.63, 3.8) is 0 Å². The van der Waals surface area contributed by atoms with E-state index in [9.17, 15) is 18.0 Å². The number of rotatable bonds is 2. The Morgan fingerprint density at radius 2 is 1.84 bits per heavy atom. The maximum absolute atomic E-state index is 13.8. The van der Waals surface area contributed by atoms with E-state index in [1.54, 1.807) is 0 Å². The van der Waals surface area contributed by atoms with Gasteiger partial charge in [-0.2, -0.15) is 0 Å². The van der Waals surface area contributed by atoms with E-state index in [2.05, 4.69) is 9.97 Å². The largest absolute Gasteiger partial charge is 0.310 e. The Bertz CT molecular complexity index is 871. The Hall–Kier alpha value is -2.15. The third-order valence-electron chi connectivity index (χ3n) is 4.34. The van der Waals surface area contributed by atoms with Gasteiger partial charge in [0.1, 0.15) is 11.6 Å². The van der Waals surface area contributed by atoms with Gasteiger partial charge in [0.05, 0.1) is 11.3 Å². The number of hydrogen-bond donors (Lipinski definition) is 1. The minimum atomic E-state index is -1.21. The van der Waals surface area contributed by atoms with Gasteiger partial charge in [0.25, 0.3) is 5.56 Å². The molecular weight excluding hydrogens is 331 g/mol. The van der Waals surface area contributed by atoms with Crippen LogP contribution in [0, 0.1) is 17.5 Å². The van der Waals surface area contributed by atoms with Gasteiger partial charge in [0, 0.05) is 43.1 Å². The van der Waals surface area contributed by atoms with Crippen LogP contribution in [0.2, 0.25) is 0 Å². The van der Waals surface area contributed by atoms with E-state index in [0.717, 1.165) is 11.8 Å². The van der Waals surface area contributed by atoms with Gasteiger partial charge in [0.15, 0.2) is 11.6 Å². The van der Waals surface area contributed by atoms with Crippen molar-refractivity contribution in [2.45, 2.75) is 45.7 Å². The second-order valence-electron chi connectivity index (χ2n) is 7.41. The topological polar surface area (TPSA) is 49.0 Å². The molecule has 4 nitrogen and oxygen atoms in total. The van der Waals surface area contributed by atoms with Crippen LogP contribution in [-0.2, 0) is 24.9 Å². The van der Waals surface area contributed by atoms with E-state index in [1.807, 2.05) is 25.7 Å². The van der Waals surface area contributed by atoms with Crippen LogP contribution in [-0.4, -0.2) is 21.4 Å². The predicted molar refractivity (Wildman–Crippen MR) is 87.7 cm³/mol. The molecule has 0 atom stereocenters. The number of nitrogens with one attached hydrogen (secondary N) is 1. The molecule has 1 aromatic heterocycles. The molecule has 7 heteroatoms. The molecule has 1 aliphatic rings. The molecule has 0 aliphatic carbocycles. The van der Waals surface area contributed by atoms with Crippen LogP contribution >= 0.6 is 0 Å². The van der Waals surface area contributed by atoms with Gasteiger partial charge < -0.3 is 4.98 Å². The van der Waals surface area contributed by atoms with Gasteiger partial charge in [-0.3, -0.25) is 9.69 Å². The van der Waals surface area contributed by atoms with Gasteiger partial charge in [-0.25, -0.2) is 18.2 Å². The van der Waals surface area contributed by atoms with Crippen LogP contribution in [0.25, 0.3) is 0 Å². The molecule has 0 amide bonds. The zero-order valence-electron chi connectivity index (χ0n) is 14.4. The summed E-state index contributed by atoms with van der Waals surface area (Å²) < 4.78 is 40.2. The molecule has 1 N–H and O–H groups in total. The highest BCUT2D eigenvalue weighted by Crippen LogP contribution is 2.22. The number of halogens is 3. The van der Waals surface area contributed by atoms with Gasteiger partial charge >= 0.3 is 0 Å². The Morgan fingerprint density at radius 3 is 2.52 bits per heavy atom. The number of H-pyrrole nitrogens is 1. The van der Waals surface area contributed by atoms with E-state index in [0.29, 0.717) is 37.0 Å². The van der Waals surface area contributed by atoms with E-state index in [1.165, 1.54) is 0 Å². The second-order valence-corrected chi connectivity index (χ2v) is 7.41. The molecule has 3 rings (SSSR count). The first-order valence-corrected chi connectivity index (χ1v) is 8.13. The summed E-state index contributed by atoms with van der Waals surface area (Å²) >= 11 is 0. The first-order chi connectivity index (χ1) is 11.6. The number of aromatic nitrogens is 2. The lowest BCUT2D eigenvalue weighted by atomic mass is 9.95. The van der Waals surface area contributed by atoms with Crippen LogP contribution < -0.4 is 5.56 Å². The van der Waals surface area contributed by atoms with Crippen molar-refractivity contribution in [3.05, 3.63) is 62.6 Å². The molecule has 1 aliphatic heterocycles. The van der Waals surface area contributed by atoms with E-state index >= 15 is 0 Å². The molecule has 0 spiro atoms. The minimum Gasteiger partial charge on any atom is -0.310 e. The standard InChI is InChI=1S/C18H20F3N3O/c1-18(2,3)17-22-15-4-5-24(9-11(15)16(25)23-17)8-10-6-13(20)14(21)7-12(10)19/h6-7H,4-5,8-9H2,1-3H3,(H,22,23,25). The third kappa shape index (κ3) is 3.61. The van der Waals surface area contributed by atoms with Crippen molar-refractivity contribution >= 4 is 0 Å².